The van der Waals surface area contributed by atoms with E-state index in [9.17, 15) is 4.39 Å². The fourth-order valence-electron chi connectivity index (χ4n) is 4.73. The van der Waals surface area contributed by atoms with Crippen molar-refractivity contribution in [1.29, 1.82) is 0 Å². The number of halogens is 1. The molecule has 8 nitrogen and oxygen atoms in total. The van der Waals surface area contributed by atoms with Crippen LogP contribution in [0.15, 0.2) is 67.3 Å². The molecular weight excluding hydrogens is 461 g/mol. The van der Waals surface area contributed by atoms with E-state index in [4.69, 9.17) is 19.9 Å². The SMILES string of the molecule is CC1(C)O[C@@H]2[C@H](O1)[C@@H](C#Cc1ccccc1F)O[C@H]2n1cnc2c(C(N)c3ccccc3)ncnc21. The van der Waals surface area contributed by atoms with E-state index in [0.717, 1.165) is 5.56 Å². The average molecular weight is 486 g/mol. The molecule has 2 aliphatic heterocycles. The number of rotatable bonds is 3. The highest BCUT2D eigenvalue weighted by atomic mass is 19.1. The van der Waals surface area contributed by atoms with E-state index >= 15 is 0 Å². The van der Waals surface area contributed by atoms with Gasteiger partial charge in [0.15, 0.2) is 17.7 Å². The van der Waals surface area contributed by atoms with Gasteiger partial charge in [-0.05, 0) is 31.5 Å². The second-order valence-electron chi connectivity index (χ2n) is 9.23. The van der Waals surface area contributed by atoms with E-state index in [1.54, 1.807) is 29.1 Å². The molecule has 2 aromatic heterocycles. The predicted octanol–water partition coefficient (Wildman–Crippen LogP) is 3.48. The van der Waals surface area contributed by atoms with E-state index in [1.807, 2.05) is 44.2 Å². The lowest BCUT2D eigenvalue weighted by atomic mass is 10.0. The number of fused-ring (bicyclic) bond motifs is 2. The van der Waals surface area contributed by atoms with Crippen molar-refractivity contribution in [3.63, 3.8) is 0 Å². The van der Waals surface area contributed by atoms with Crippen LogP contribution in [0, 0.1) is 17.7 Å². The van der Waals surface area contributed by atoms with Gasteiger partial charge in [-0.2, -0.15) is 0 Å². The van der Waals surface area contributed by atoms with Gasteiger partial charge in [0, 0.05) is 0 Å². The maximum absolute atomic E-state index is 14.1. The highest BCUT2D eigenvalue weighted by Gasteiger charge is 2.56. The van der Waals surface area contributed by atoms with Crippen molar-refractivity contribution < 1.29 is 18.6 Å². The summed E-state index contributed by atoms with van der Waals surface area (Å²) in [4.78, 5) is 13.5. The number of nitrogens with zero attached hydrogens (tertiary/aromatic N) is 4. The molecule has 5 atom stereocenters. The third-order valence-corrected chi connectivity index (χ3v) is 6.37. The summed E-state index contributed by atoms with van der Waals surface area (Å²) in [5, 5.41) is 0. The summed E-state index contributed by atoms with van der Waals surface area (Å²) in [6.07, 6.45) is 0.900. The topological polar surface area (TPSA) is 97.3 Å². The average Bonchev–Trinajstić information content (AvgIpc) is 3.54. The molecule has 4 heterocycles. The Morgan fingerprint density at radius 2 is 1.75 bits per heavy atom. The van der Waals surface area contributed by atoms with Gasteiger partial charge < -0.3 is 19.9 Å². The van der Waals surface area contributed by atoms with Crippen molar-refractivity contribution in [2.75, 3.05) is 0 Å². The zero-order valence-electron chi connectivity index (χ0n) is 19.7. The maximum Gasteiger partial charge on any atom is 0.167 e. The van der Waals surface area contributed by atoms with E-state index < -0.39 is 36.4 Å². The van der Waals surface area contributed by atoms with E-state index in [0.29, 0.717) is 22.4 Å². The molecule has 2 aromatic carbocycles. The molecule has 2 N–H and O–H groups in total. The second-order valence-corrected chi connectivity index (χ2v) is 9.23. The monoisotopic (exact) mass is 485 g/mol. The minimum absolute atomic E-state index is 0.291. The smallest absolute Gasteiger partial charge is 0.167 e. The van der Waals surface area contributed by atoms with Crippen LogP contribution in [0.1, 0.15) is 42.9 Å². The number of ether oxygens (including phenoxy) is 3. The molecule has 182 valence electrons. The fraction of sp³-hybridized carbons (Fsp3) is 0.296. The van der Waals surface area contributed by atoms with Gasteiger partial charge in [-0.15, -0.1) is 0 Å². The molecule has 0 saturated carbocycles. The Bertz CT molecular complexity index is 1480. The standard InChI is InChI=1S/C27H24FN5O3/c1-27(2)35-23-19(13-12-16-8-6-7-11-18(16)28)34-26(24(23)36-27)33-15-32-22-21(30-14-31-25(22)33)20(29)17-9-4-3-5-10-17/h3-11,14-15,19-20,23-24,26H,29H2,1-2H3/t19-,20?,23-,24-,26-/m1/s1. The normalized spacial score (nSPS) is 25.3. The van der Waals surface area contributed by atoms with Crippen LogP contribution < -0.4 is 5.73 Å². The summed E-state index contributed by atoms with van der Waals surface area (Å²) in [7, 11) is 0. The van der Waals surface area contributed by atoms with Crippen LogP contribution in [0.5, 0.6) is 0 Å². The maximum atomic E-state index is 14.1. The molecule has 0 amide bonds. The highest BCUT2D eigenvalue weighted by Crippen LogP contribution is 2.43. The van der Waals surface area contributed by atoms with E-state index in [-0.39, 0.29) is 5.82 Å². The Hall–Kier alpha value is -3.68. The first-order chi connectivity index (χ1) is 17.4. The number of hydrogen-bond acceptors (Lipinski definition) is 7. The van der Waals surface area contributed by atoms with E-state index in [2.05, 4.69) is 26.8 Å². The molecular formula is C27H24FN5O3. The molecule has 2 fully saturated rings. The van der Waals surface area contributed by atoms with Gasteiger partial charge in [0.2, 0.25) is 0 Å². The van der Waals surface area contributed by atoms with E-state index in [1.165, 1.54) is 12.4 Å². The third kappa shape index (κ3) is 3.94. The Kier molecular flexibility index (Phi) is 5.54. The summed E-state index contributed by atoms with van der Waals surface area (Å²) in [6.45, 7) is 3.68. The van der Waals surface area contributed by atoms with Crippen molar-refractivity contribution in [3.05, 3.63) is 89.9 Å². The molecule has 0 aliphatic carbocycles. The number of nitrogens with two attached hydrogens (primary N) is 1. The fourth-order valence-corrected chi connectivity index (χ4v) is 4.73. The van der Waals surface area contributed by atoms with Crippen LogP contribution in [-0.2, 0) is 14.2 Å². The molecule has 0 bridgehead atoms. The molecule has 9 heteroatoms. The Labute approximate surface area is 207 Å². The Morgan fingerprint density at radius 3 is 2.56 bits per heavy atom. The van der Waals surface area contributed by atoms with Crippen LogP contribution >= 0.6 is 0 Å². The summed E-state index contributed by atoms with van der Waals surface area (Å²) in [5.41, 5.74) is 9.49. The molecule has 4 aromatic rings. The lowest BCUT2D eigenvalue weighted by molar-refractivity contribution is -0.190. The van der Waals surface area contributed by atoms with Crippen LogP contribution in [-0.4, -0.2) is 43.6 Å². The molecule has 0 spiro atoms. The zero-order chi connectivity index (χ0) is 24.9. The lowest BCUT2D eigenvalue weighted by Crippen LogP contribution is -2.28. The summed E-state index contributed by atoms with van der Waals surface area (Å²) < 4.78 is 34.6. The van der Waals surface area contributed by atoms with Gasteiger partial charge in [-0.3, -0.25) is 4.57 Å². The molecule has 2 aliphatic rings. The van der Waals surface area contributed by atoms with Crippen molar-refractivity contribution in [2.24, 2.45) is 5.73 Å². The Morgan fingerprint density at radius 1 is 1.00 bits per heavy atom. The molecule has 1 unspecified atom stereocenters. The second kappa shape index (κ2) is 8.76. The first-order valence-corrected chi connectivity index (χ1v) is 11.7. The zero-order valence-corrected chi connectivity index (χ0v) is 19.7. The van der Waals surface area contributed by atoms with Crippen LogP contribution in [0.4, 0.5) is 4.39 Å². The van der Waals surface area contributed by atoms with Gasteiger partial charge >= 0.3 is 0 Å². The summed E-state index contributed by atoms with van der Waals surface area (Å²) in [5.74, 6) is 4.70. The van der Waals surface area contributed by atoms with Crippen LogP contribution in [0.3, 0.4) is 0 Å². The summed E-state index contributed by atoms with van der Waals surface area (Å²) in [6, 6.07) is 15.6. The molecule has 2 saturated heterocycles. The Balaban J connectivity index is 1.37. The van der Waals surface area contributed by atoms with Gasteiger partial charge in [0.1, 0.15) is 36.0 Å². The van der Waals surface area contributed by atoms with Crippen molar-refractivity contribution in [3.8, 4) is 11.8 Å². The van der Waals surface area contributed by atoms with Gasteiger partial charge in [-0.25, -0.2) is 19.3 Å². The molecule has 6 rings (SSSR count). The van der Waals surface area contributed by atoms with Gasteiger partial charge in [0.25, 0.3) is 0 Å². The number of aromatic nitrogens is 4. The lowest BCUT2D eigenvalue weighted by Gasteiger charge is -2.23. The largest absolute Gasteiger partial charge is 0.341 e. The minimum Gasteiger partial charge on any atom is -0.341 e. The minimum atomic E-state index is -0.832. The number of imidazole rings is 1. The van der Waals surface area contributed by atoms with Gasteiger partial charge in [-0.1, -0.05) is 54.3 Å². The van der Waals surface area contributed by atoms with Crippen molar-refractivity contribution in [1.82, 2.24) is 19.5 Å². The van der Waals surface area contributed by atoms with Crippen LogP contribution in [0.2, 0.25) is 0 Å². The van der Waals surface area contributed by atoms with Gasteiger partial charge in [0.05, 0.1) is 23.6 Å². The molecule has 36 heavy (non-hydrogen) atoms. The van der Waals surface area contributed by atoms with Crippen LogP contribution in [0.25, 0.3) is 11.2 Å². The first kappa shape index (κ1) is 22.8. The first-order valence-electron chi connectivity index (χ1n) is 11.7. The quantitative estimate of drug-likeness (QED) is 0.444. The molecule has 0 radical (unpaired) electrons. The third-order valence-electron chi connectivity index (χ3n) is 6.37. The highest BCUT2D eigenvalue weighted by molar-refractivity contribution is 5.74. The van der Waals surface area contributed by atoms with Crippen molar-refractivity contribution in [2.45, 2.75) is 50.2 Å². The number of hydrogen-bond donors (Lipinski definition) is 1. The number of benzene rings is 2. The van der Waals surface area contributed by atoms with Crippen molar-refractivity contribution >= 4 is 11.2 Å². The summed E-state index contributed by atoms with van der Waals surface area (Å²) >= 11 is 0. The predicted molar refractivity (Wildman–Crippen MR) is 129 cm³/mol.